The molecule has 1 fully saturated rings. The zero-order valence-corrected chi connectivity index (χ0v) is 17.4. The van der Waals surface area contributed by atoms with Crippen molar-refractivity contribution in [1.82, 2.24) is 0 Å². The fourth-order valence-electron chi connectivity index (χ4n) is 4.77. The summed E-state index contributed by atoms with van der Waals surface area (Å²) < 4.78 is 14.8. The van der Waals surface area contributed by atoms with Crippen molar-refractivity contribution >= 4 is 0 Å². The molecule has 0 amide bonds. The van der Waals surface area contributed by atoms with Crippen molar-refractivity contribution in [3.05, 3.63) is 84.2 Å². The van der Waals surface area contributed by atoms with Gasteiger partial charge in [-0.1, -0.05) is 92.9 Å². The van der Waals surface area contributed by atoms with Gasteiger partial charge in [0.05, 0.1) is 0 Å². The molecule has 3 aromatic carbocycles. The highest BCUT2D eigenvalue weighted by atomic mass is 19.1. The molecular weight excluding hydrogens is 355 g/mol. The first kappa shape index (κ1) is 19.9. The van der Waals surface area contributed by atoms with Crippen molar-refractivity contribution in [2.75, 3.05) is 0 Å². The van der Waals surface area contributed by atoms with Crippen molar-refractivity contribution in [1.29, 1.82) is 0 Å². The first-order valence-electron chi connectivity index (χ1n) is 11.2. The van der Waals surface area contributed by atoms with Gasteiger partial charge in [-0.15, -0.1) is 0 Å². The topological polar surface area (TPSA) is 0 Å². The molecule has 0 N–H and O–H groups in total. The quantitative estimate of drug-likeness (QED) is 0.398. The lowest BCUT2D eigenvalue weighted by Crippen LogP contribution is -2.13. The van der Waals surface area contributed by atoms with Gasteiger partial charge in [0.15, 0.2) is 0 Å². The highest BCUT2D eigenvalue weighted by Crippen LogP contribution is 2.38. The predicted molar refractivity (Wildman–Crippen MR) is 121 cm³/mol. The zero-order chi connectivity index (χ0) is 20.1. The van der Waals surface area contributed by atoms with Gasteiger partial charge in [-0.2, -0.15) is 0 Å². The lowest BCUT2D eigenvalue weighted by atomic mass is 9.77. The molecule has 0 heterocycles. The molecule has 150 valence electrons. The Morgan fingerprint density at radius 2 is 1.45 bits per heavy atom. The average molecular weight is 387 g/mol. The molecule has 0 bridgehead atoms. The fraction of sp³-hybridized carbons (Fsp3) is 0.357. The van der Waals surface area contributed by atoms with E-state index in [0.29, 0.717) is 11.5 Å². The molecule has 29 heavy (non-hydrogen) atoms. The van der Waals surface area contributed by atoms with Crippen LogP contribution in [0.15, 0.2) is 72.8 Å². The zero-order valence-electron chi connectivity index (χ0n) is 17.4. The van der Waals surface area contributed by atoms with Crippen LogP contribution in [-0.4, -0.2) is 0 Å². The highest BCUT2D eigenvalue weighted by molar-refractivity contribution is 5.71. The van der Waals surface area contributed by atoms with Gasteiger partial charge in [-0.05, 0) is 65.8 Å². The molecule has 0 spiro atoms. The van der Waals surface area contributed by atoms with Gasteiger partial charge in [0.25, 0.3) is 0 Å². The van der Waals surface area contributed by atoms with Crippen LogP contribution >= 0.6 is 0 Å². The average Bonchev–Trinajstić information content (AvgIpc) is 2.79. The summed E-state index contributed by atoms with van der Waals surface area (Å²) in [6, 6.07) is 24.2. The Labute approximate surface area is 174 Å². The minimum atomic E-state index is -0.157. The Hall–Kier alpha value is -2.41. The van der Waals surface area contributed by atoms with Gasteiger partial charge < -0.3 is 0 Å². The van der Waals surface area contributed by atoms with E-state index in [9.17, 15) is 4.39 Å². The number of unbranched alkanes of at least 4 members (excludes halogenated alkanes) is 1. The molecule has 1 heteroatoms. The second-order valence-corrected chi connectivity index (χ2v) is 8.54. The minimum absolute atomic E-state index is 0.157. The summed E-state index contributed by atoms with van der Waals surface area (Å²) in [7, 11) is 0. The summed E-state index contributed by atoms with van der Waals surface area (Å²) in [5.41, 5.74) is 5.03. The van der Waals surface area contributed by atoms with Crippen LogP contribution in [-0.2, 0) is 0 Å². The van der Waals surface area contributed by atoms with E-state index < -0.39 is 0 Å². The van der Waals surface area contributed by atoms with E-state index in [1.807, 2.05) is 42.5 Å². The summed E-state index contributed by atoms with van der Waals surface area (Å²) in [4.78, 5) is 0. The van der Waals surface area contributed by atoms with Gasteiger partial charge in [0.2, 0.25) is 0 Å². The Morgan fingerprint density at radius 3 is 2.10 bits per heavy atom. The maximum Gasteiger partial charge on any atom is 0.131 e. The summed E-state index contributed by atoms with van der Waals surface area (Å²) in [5, 5.41) is 0. The second kappa shape index (κ2) is 9.39. The normalized spacial score (nSPS) is 19.2. The van der Waals surface area contributed by atoms with Gasteiger partial charge in [-0.25, -0.2) is 4.39 Å². The molecule has 0 aromatic heterocycles. The number of rotatable bonds is 6. The molecule has 0 saturated heterocycles. The second-order valence-electron chi connectivity index (χ2n) is 8.54. The highest BCUT2D eigenvalue weighted by Gasteiger charge is 2.22. The maximum atomic E-state index is 14.8. The van der Waals surface area contributed by atoms with E-state index >= 15 is 0 Å². The number of benzene rings is 3. The molecule has 0 radical (unpaired) electrons. The Bertz CT molecular complexity index is 903. The van der Waals surface area contributed by atoms with E-state index in [4.69, 9.17) is 0 Å². The number of hydrogen-bond acceptors (Lipinski definition) is 0. The molecule has 0 aliphatic heterocycles. The molecule has 1 aliphatic carbocycles. The SMILES string of the molecule is CCCCC1CCC(c2ccc(-c3ccc(-c4ccccc4)cc3F)cc2)CC1. The Balaban J connectivity index is 1.44. The smallest absolute Gasteiger partial charge is 0.131 e. The largest absolute Gasteiger partial charge is 0.206 e. The molecule has 1 saturated carbocycles. The Morgan fingerprint density at radius 1 is 0.759 bits per heavy atom. The van der Waals surface area contributed by atoms with Crippen LogP contribution in [0.25, 0.3) is 22.3 Å². The third-order valence-corrected chi connectivity index (χ3v) is 6.58. The van der Waals surface area contributed by atoms with Crippen LogP contribution in [0.2, 0.25) is 0 Å². The van der Waals surface area contributed by atoms with E-state index in [2.05, 4.69) is 31.2 Å². The van der Waals surface area contributed by atoms with Crippen LogP contribution in [0.4, 0.5) is 4.39 Å². The maximum absolute atomic E-state index is 14.8. The summed E-state index contributed by atoms with van der Waals surface area (Å²) >= 11 is 0. The third kappa shape index (κ3) is 4.78. The van der Waals surface area contributed by atoms with Gasteiger partial charge >= 0.3 is 0 Å². The van der Waals surface area contributed by atoms with Gasteiger partial charge in [-0.3, -0.25) is 0 Å². The molecular formula is C28H31F. The standard InChI is InChI=1S/C28H31F/c1-2-3-7-21-10-12-23(13-11-21)24-14-16-25(17-15-24)27-19-18-26(20-28(27)29)22-8-5-4-6-9-22/h4-6,8-9,14-21,23H,2-3,7,10-13H2,1H3. The van der Waals surface area contributed by atoms with Crippen molar-refractivity contribution < 1.29 is 4.39 Å². The lowest BCUT2D eigenvalue weighted by molar-refractivity contribution is 0.304. The van der Waals surface area contributed by atoms with Gasteiger partial charge in [0.1, 0.15) is 5.82 Å². The van der Waals surface area contributed by atoms with Crippen molar-refractivity contribution in [2.45, 2.75) is 57.8 Å². The summed E-state index contributed by atoms with van der Waals surface area (Å²) in [6.07, 6.45) is 9.41. The van der Waals surface area contributed by atoms with Crippen LogP contribution < -0.4 is 0 Å². The predicted octanol–water partition coefficient (Wildman–Crippen LogP) is 8.62. The molecule has 0 nitrogen and oxygen atoms in total. The van der Waals surface area contributed by atoms with Crippen LogP contribution in [0.3, 0.4) is 0 Å². The molecule has 0 unspecified atom stereocenters. The molecule has 0 atom stereocenters. The van der Waals surface area contributed by atoms with E-state index in [1.54, 1.807) is 6.07 Å². The molecule has 4 rings (SSSR count). The monoisotopic (exact) mass is 386 g/mol. The Kier molecular flexibility index (Phi) is 6.44. The summed E-state index contributed by atoms with van der Waals surface area (Å²) in [6.45, 7) is 2.28. The fourth-order valence-corrected chi connectivity index (χ4v) is 4.77. The van der Waals surface area contributed by atoms with Crippen molar-refractivity contribution in [3.63, 3.8) is 0 Å². The van der Waals surface area contributed by atoms with Crippen molar-refractivity contribution in [3.8, 4) is 22.3 Å². The molecule has 3 aromatic rings. The van der Waals surface area contributed by atoms with Gasteiger partial charge in [0, 0.05) is 5.56 Å². The van der Waals surface area contributed by atoms with Crippen molar-refractivity contribution in [2.24, 2.45) is 5.92 Å². The van der Waals surface area contributed by atoms with Crippen LogP contribution in [0.1, 0.15) is 63.4 Å². The van der Waals surface area contributed by atoms with E-state index in [0.717, 1.165) is 22.6 Å². The molecule has 1 aliphatic rings. The van der Waals surface area contributed by atoms with E-state index in [1.165, 1.54) is 50.5 Å². The van der Waals surface area contributed by atoms with E-state index in [-0.39, 0.29) is 5.82 Å². The van der Waals surface area contributed by atoms with Crippen LogP contribution in [0, 0.1) is 11.7 Å². The number of halogens is 1. The number of hydrogen-bond donors (Lipinski definition) is 0. The lowest BCUT2D eigenvalue weighted by Gasteiger charge is -2.29. The summed E-state index contributed by atoms with van der Waals surface area (Å²) in [5.74, 6) is 1.45. The first-order valence-corrected chi connectivity index (χ1v) is 11.2. The van der Waals surface area contributed by atoms with Crippen LogP contribution in [0.5, 0.6) is 0 Å². The minimum Gasteiger partial charge on any atom is -0.206 e. The third-order valence-electron chi connectivity index (χ3n) is 6.58. The first-order chi connectivity index (χ1) is 14.2.